The number of carbonyl (C=O) groups is 1. The first-order valence-electron chi connectivity index (χ1n) is 4.41. The molecule has 0 heterocycles. The normalized spacial score (nSPS) is 15.4. The van der Waals surface area contributed by atoms with Crippen LogP contribution in [0.5, 0.6) is 0 Å². The van der Waals surface area contributed by atoms with Crippen molar-refractivity contribution in [1.29, 1.82) is 0 Å². The predicted molar refractivity (Wildman–Crippen MR) is 63.5 cm³/mol. The lowest BCUT2D eigenvalue weighted by atomic mass is 10.1. The van der Waals surface area contributed by atoms with Crippen LogP contribution in [0.2, 0.25) is 0 Å². The molecular formula is C10H7Br2F3O2. The molecule has 1 aromatic carbocycles. The number of aliphatic carboxylic acids is 1. The second kappa shape index (κ2) is 5.39. The molecule has 0 aliphatic heterocycles. The maximum atomic E-state index is 12.4. The molecular weight excluding hydrogens is 369 g/mol. The van der Waals surface area contributed by atoms with E-state index in [2.05, 4.69) is 31.9 Å². The van der Waals surface area contributed by atoms with E-state index in [9.17, 15) is 18.0 Å². The first-order valence-corrected chi connectivity index (χ1v) is 6.24. The van der Waals surface area contributed by atoms with Gasteiger partial charge in [0.25, 0.3) is 0 Å². The van der Waals surface area contributed by atoms with Crippen LogP contribution in [0.3, 0.4) is 0 Å². The maximum absolute atomic E-state index is 12.4. The fourth-order valence-electron chi connectivity index (χ4n) is 1.18. The minimum Gasteiger partial charge on any atom is -0.480 e. The second-order valence-corrected chi connectivity index (χ2v) is 5.24. The van der Waals surface area contributed by atoms with Crippen LogP contribution in [-0.4, -0.2) is 15.9 Å². The fraction of sp³-hybridized carbons (Fsp3) is 0.300. The quantitative estimate of drug-likeness (QED) is 0.811. The van der Waals surface area contributed by atoms with Gasteiger partial charge in [-0.3, -0.25) is 4.79 Å². The SMILES string of the molecule is O=C(O)[C@@H](Br)[C@@H](Br)c1cccc(C(F)(F)F)c1. The maximum Gasteiger partial charge on any atom is 0.416 e. The van der Waals surface area contributed by atoms with Gasteiger partial charge in [0.15, 0.2) is 0 Å². The largest absolute Gasteiger partial charge is 0.480 e. The average Bonchev–Trinajstić information content (AvgIpc) is 2.26. The summed E-state index contributed by atoms with van der Waals surface area (Å²) in [6.45, 7) is 0. The molecule has 1 N–H and O–H groups in total. The van der Waals surface area contributed by atoms with Gasteiger partial charge in [-0.1, -0.05) is 50.1 Å². The molecule has 2 nitrogen and oxygen atoms in total. The Kier molecular flexibility index (Phi) is 4.60. The third kappa shape index (κ3) is 3.70. The highest BCUT2D eigenvalue weighted by molar-refractivity contribution is 9.12. The van der Waals surface area contributed by atoms with Crippen molar-refractivity contribution < 1.29 is 23.1 Å². The predicted octanol–water partition coefficient (Wildman–Crippen LogP) is 3.99. The van der Waals surface area contributed by atoms with Gasteiger partial charge in [0, 0.05) is 0 Å². The summed E-state index contributed by atoms with van der Waals surface area (Å²) in [6.07, 6.45) is -4.44. The van der Waals surface area contributed by atoms with E-state index in [0.29, 0.717) is 0 Å². The van der Waals surface area contributed by atoms with Crippen molar-refractivity contribution >= 4 is 37.8 Å². The van der Waals surface area contributed by atoms with Crippen LogP contribution < -0.4 is 0 Å². The number of carboxylic acids is 1. The number of halogens is 5. The van der Waals surface area contributed by atoms with Crippen molar-refractivity contribution in [3.8, 4) is 0 Å². The minimum absolute atomic E-state index is 0.254. The Hall–Kier alpha value is -0.560. The molecule has 0 amide bonds. The van der Waals surface area contributed by atoms with Crippen molar-refractivity contribution in [2.75, 3.05) is 0 Å². The lowest BCUT2D eigenvalue weighted by molar-refractivity contribution is -0.137. The van der Waals surface area contributed by atoms with Crippen LogP contribution in [-0.2, 0) is 11.0 Å². The highest BCUT2D eigenvalue weighted by atomic mass is 79.9. The topological polar surface area (TPSA) is 37.3 Å². The van der Waals surface area contributed by atoms with Crippen LogP contribution in [0.25, 0.3) is 0 Å². The van der Waals surface area contributed by atoms with Gasteiger partial charge in [0.1, 0.15) is 4.83 Å². The summed E-state index contributed by atoms with van der Waals surface area (Å²) in [5, 5.41) is 8.74. The molecule has 0 saturated carbocycles. The molecule has 0 aliphatic carbocycles. The van der Waals surface area contributed by atoms with E-state index in [-0.39, 0.29) is 5.56 Å². The van der Waals surface area contributed by atoms with Crippen molar-refractivity contribution in [3.05, 3.63) is 35.4 Å². The Morgan fingerprint density at radius 3 is 2.35 bits per heavy atom. The summed E-state index contributed by atoms with van der Waals surface area (Å²) in [5.74, 6) is -1.15. The molecule has 2 atom stereocenters. The minimum atomic E-state index is -4.44. The molecule has 0 saturated heterocycles. The smallest absolute Gasteiger partial charge is 0.416 e. The molecule has 0 fully saturated rings. The number of benzene rings is 1. The fourth-order valence-corrected chi connectivity index (χ4v) is 2.00. The lowest BCUT2D eigenvalue weighted by Gasteiger charge is -2.15. The molecule has 0 aromatic heterocycles. The van der Waals surface area contributed by atoms with Crippen LogP contribution in [0, 0.1) is 0 Å². The summed E-state index contributed by atoms with van der Waals surface area (Å²) < 4.78 is 37.3. The molecule has 0 radical (unpaired) electrons. The third-order valence-corrected chi connectivity index (χ3v) is 4.71. The number of hydrogen-bond donors (Lipinski definition) is 1. The zero-order valence-electron chi connectivity index (χ0n) is 8.21. The van der Waals surface area contributed by atoms with E-state index in [4.69, 9.17) is 5.11 Å². The van der Waals surface area contributed by atoms with E-state index in [1.807, 2.05) is 0 Å². The van der Waals surface area contributed by atoms with Gasteiger partial charge in [-0.05, 0) is 11.6 Å². The van der Waals surface area contributed by atoms with Crippen LogP contribution in [0.15, 0.2) is 24.3 Å². The number of carboxylic acid groups (broad SMARTS) is 1. The molecule has 17 heavy (non-hydrogen) atoms. The first kappa shape index (κ1) is 14.5. The lowest BCUT2D eigenvalue weighted by Crippen LogP contribution is -2.18. The molecule has 7 heteroatoms. The Bertz CT molecular complexity index is 420. The summed E-state index contributed by atoms with van der Waals surface area (Å²) in [7, 11) is 0. The first-order chi connectivity index (χ1) is 7.73. The van der Waals surface area contributed by atoms with E-state index in [1.54, 1.807) is 0 Å². The van der Waals surface area contributed by atoms with Gasteiger partial charge in [-0.15, -0.1) is 0 Å². The standard InChI is InChI=1S/C10H7Br2F3O2/c11-7(8(12)9(16)17)5-2-1-3-6(4-5)10(13,14)15/h1-4,7-8H,(H,16,17)/t7-,8-/m0/s1. The van der Waals surface area contributed by atoms with Crippen LogP contribution >= 0.6 is 31.9 Å². The van der Waals surface area contributed by atoms with Gasteiger partial charge in [-0.25, -0.2) is 0 Å². The molecule has 0 unspecified atom stereocenters. The zero-order chi connectivity index (χ0) is 13.2. The number of alkyl halides is 5. The van der Waals surface area contributed by atoms with E-state index in [1.165, 1.54) is 12.1 Å². The summed E-state index contributed by atoms with van der Waals surface area (Å²) in [6, 6.07) is 4.55. The van der Waals surface area contributed by atoms with Gasteiger partial charge < -0.3 is 5.11 Å². The van der Waals surface area contributed by atoms with Crippen molar-refractivity contribution in [2.45, 2.75) is 15.8 Å². The second-order valence-electron chi connectivity index (χ2n) is 3.26. The molecule has 0 spiro atoms. The third-order valence-electron chi connectivity index (χ3n) is 2.03. The zero-order valence-corrected chi connectivity index (χ0v) is 11.4. The van der Waals surface area contributed by atoms with Gasteiger partial charge in [0.2, 0.25) is 0 Å². The Morgan fingerprint density at radius 1 is 1.29 bits per heavy atom. The molecule has 94 valence electrons. The van der Waals surface area contributed by atoms with E-state index in [0.717, 1.165) is 12.1 Å². The van der Waals surface area contributed by atoms with E-state index >= 15 is 0 Å². The highest BCUT2D eigenvalue weighted by Gasteiger charge is 2.32. The molecule has 0 aliphatic rings. The average molecular weight is 376 g/mol. The van der Waals surface area contributed by atoms with Gasteiger partial charge in [-0.2, -0.15) is 13.2 Å². The molecule has 1 aromatic rings. The summed E-state index contributed by atoms with van der Waals surface area (Å²) >= 11 is 5.95. The molecule has 0 bridgehead atoms. The summed E-state index contributed by atoms with van der Waals surface area (Å²) in [5.41, 5.74) is -0.548. The Balaban J connectivity index is 3.04. The van der Waals surface area contributed by atoms with Crippen LogP contribution in [0.4, 0.5) is 13.2 Å². The monoisotopic (exact) mass is 374 g/mol. The Morgan fingerprint density at radius 2 is 1.88 bits per heavy atom. The highest BCUT2D eigenvalue weighted by Crippen LogP contribution is 2.35. The van der Waals surface area contributed by atoms with Gasteiger partial charge in [0.05, 0.1) is 10.4 Å². The van der Waals surface area contributed by atoms with E-state index < -0.39 is 27.4 Å². The van der Waals surface area contributed by atoms with Gasteiger partial charge >= 0.3 is 12.1 Å². The van der Waals surface area contributed by atoms with Crippen molar-refractivity contribution in [3.63, 3.8) is 0 Å². The Labute approximate surface area is 112 Å². The van der Waals surface area contributed by atoms with Crippen molar-refractivity contribution in [1.82, 2.24) is 0 Å². The summed E-state index contributed by atoms with van der Waals surface area (Å²) in [4.78, 5) is 8.97. The van der Waals surface area contributed by atoms with Crippen molar-refractivity contribution in [2.24, 2.45) is 0 Å². The molecule has 1 rings (SSSR count). The number of rotatable bonds is 3. The number of hydrogen-bond acceptors (Lipinski definition) is 1. The van der Waals surface area contributed by atoms with Crippen LogP contribution in [0.1, 0.15) is 16.0 Å².